The maximum Gasteiger partial charge on any atom is 0.255 e. The molecule has 0 bridgehead atoms. The molecule has 0 spiro atoms. The number of fused-ring (bicyclic) bond motifs is 1. The molecule has 0 aliphatic carbocycles. The molecule has 7 heteroatoms. The molecule has 0 fully saturated rings. The molecule has 186 valence electrons. The van der Waals surface area contributed by atoms with Gasteiger partial charge in [0.2, 0.25) is 0 Å². The number of pyridine rings is 1. The van der Waals surface area contributed by atoms with E-state index in [0.29, 0.717) is 46.1 Å². The van der Waals surface area contributed by atoms with Gasteiger partial charge in [-0.2, -0.15) is 5.26 Å². The van der Waals surface area contributed by atoms with Crippen molar-refractivity contribution in [2.45, 2.75) is 6.61 Å². The van der Waals surface area contributed by atoms with Crippen molar-refractivity contribution in [2.24, 2.45) is 0 Å². The van der Waals surface area contributed by atoms with Crippen LogP contribution in [0, 0.1) is 11.3 Å². The van der Waals surface area contributed by atoms with Crippen LogP contribution < -0.4 is 20.1 Å². The molecule has 0 radical (unpaired) electrons. The zero-order valence-corrected chi connectivity index (χ0v) is 20.6. The van der Waals surface area contributed by atoms with Gasteiger partial charge in [-0.15, -0.1) is 0 Å². The number of hydrogen-bond donors (Lipinski definition) is 2. The fourth-order valence-electron chi connectivity index (χ4n) is 4.00. The van der Waals surface area contributed by atoms with E-state index in [4.69, 9.17) is 9.47 Å². The van der Waals surface area contributed by atoms with Crippen molar-refractivity contribution in [3.63, 3.8) is 0 Å². The molecule has 1 aromatic heterocycles. The summed E-state index contributed by atoms with van der Waals surface area (Å²) in [5.74, 6) is 0.911. The molecule has 5 aromatic rings. The van der Waals surface area contributed by atoms with Gasteiger partial charge in [0, 0.05) is 34.6 Å². The maximum atomic E-state index is 12.4. The van der Waals surface area contributed by atoms with E-state index in [1.54, 1.807) is 31.4 Å². The number of amides is 1. The number of nitrogens with zero attached hydrogens (tertiary/aromatic N) is 2. The first-order valence-corrected chi connectivity index (χ1v) is 12.0. The van der Waals surface area contributed by atoms with Crippen LogP contribution in [-0.4, -0.2) is 18.0 Å². The van der Waals surface area contributed by atoms with E-state index < -0.39 is 0 Å². The number of nitrogens with one attached hydrogen (secondary N) is 2. The van der Waals surface area contributed by atoms with Crippen LogP contribution in [0.3, 0.4) is 0 Å². The van der Waals surface area contributed by atoms with Gasteiger partial charge in [-0.3, -0.25) is 9.78 Å². The number of nitriles is 1. The smallest absolute Gasteiger partial charge is 0.255 e. The van der Waals surface area contributed by atoms with Crippen LogP contribution in [0.4, 0.5) is 17.1 Å². The largest absolute Gasteiger partial charge is 0.493 e. The fourth-order valence-corrected chi connectivity index (χ4v) is 4.00. The van der Waals surface area contributed by atoms with Crippen molar-refractivity contribution in [1.82, 2.24) is 4.98 Å². The summed E-state index contributed by atoms with van der Waals surface area (Å²) >= 11 is 0. The SMILES string of the molecule is COc1cc2c(Nc3ccc(NC(=O)c4ccccc4)cc3)c(C#N)cnc2cc1OCc1ccccc1. The first kappa shape index (κ1) is 24.3. The van der Waals surface area contributed by atoms with E-state index in [1.165, 1.54) is 6.20 Å². The quantitative estimate of drug-likeness (QED) is 0.246. The molecule has 38 heavy (non-hydrogen) atoms. The molecule has 1 amide bonds. The van der Waals surface area contributed by atoms with E-state index in [0.717, 1.165) is 16.6 Å². The van der Waals surface area contributed by atoms with Gasteiger partial charge in [0.1, 0.15) is 12.7 Å². The number of hydrogen-bond acceptors (Lipinski definition) is 6. The number of anilines is 3. The molecular formula is C31H24N4O3. The fraction of sp³-hybridized carbons (Fsp3) is 0.0645. The monoisotopic (exact) mass is 500 g/mol. The summed E-state index contributed by atoms with van der Waals surface area (Å²) in [6, 6.07) is 32.0. The first-order valence-electron chi connectivity index (χ1n) is 12.0. The molecule has 4 aromatic carbocycles. The van der Waals surface area contributed by atoms with Gasteiger partial charge < -0.3 is 20.1 Å². The Balaban J connectivity index is 1.40. The van der Waals surface area contributed by atoms with Crippen molar-refractivity contribution in [2.75, 3.05) is 17.7 Å². The topological polar surface area (TPSA) is 96.3 Å². The Morgan fingerprint density at radius 2 is 1.58 bits per heavy atom. The Hall–Kier alpha value is -5.35. The van der Waals surface area contributed by atoms with Crippen LogP contribution in [0.1, 0.15) is 21.5 Å². The van der Waals surface area contributed by atoms with Crippen LogP contribution >= 0.6 is 0 Å². The second-order valence-electron chi connectivity index (χ2n) is 8.48. The molecule has 0 saturated heterocycles. The van der Waals surface area contributed by atoms with Crippen LogP contribution in [0.5, 0.6) is 11.5 Å². The Morgan fingerprint density at radius 1 is 0.895 bits per heavy atom. The van der Waals surface area contributed by atoms with Crippen LogP contribution in [0.25, 0.3) is 10.9 Å². The Kier molecular flexibility index (Phi) is 7.14. The van der Waals surface area contributed by atoms with Gasteiger partial charge in [-0.25, -0.2) is 0 Å². The van der Waals surface area contributed by atoms with Crippen molar-refractivity contribution in [3.8, 4) is 17.6 Å². The molecule has 0 aliphatic heterocycles. The van der Waals surface area contributed by atoms with Gasteiger partial charge in [0.05, 0.1) is 23.9 Å². The number of carbonyl (C=O) groups excluding carboxylic acids is 1. The van der Waals surface area contributed by atoms with E-state index >= 15 is 0 Å². The Labute approximate surface area is 220 Å². The molecule has 2 N–H and O–H groups in total. The van der Waals surface area contributed by atoms with Gasteiger partial charge in [0.25, 0.3) is 5.91 Å². The van der Waals surface area contributed by atoms with E-state index in [1.807, 2.05) is 72.8 Å². The summed E-state index contributed by atoms with van der Waals surface area (Å²) in [5, 5.41) is 16.7. The molecule has 7 nitrogen and oxygen atoms in total. The highest BCUT2D eigenvalue weighted by atomic mass is 16.5. The summed E-state index contributed by atoms with van der Waals surface area (Å²) in [5.41, 5.74) is 4.67. The van der Waals surface area contributed by atoms with Crippen molar-refractivity contribution >= 4 is 33.9 Å². The predicted molar refractivity (Wildman–Crippen MR) is 148 cm³/mol. The third-order valence-corrected chi connectivity index (χ3v) is 5.96. The van der Waals surface area contributed by atoms with Crippen LogP contribution in [-0.2, 0) is 6.61 Å². The number of benzene rings is 4. The van der Waals surface area contributed by atoms with E-state index in [2.05, 4.69) is 21.7 Å². The minimum atomic E-state index is -0.185. The zero-order valence-electron chi connectivity index (χ0n) is 20.6. The molecule has 1 heterocycles. The number of aromatic nitrogens is 1. The van der Waals surface area contributed by atoms with Gasteiger partial charge in [-0.05, 0) is 48.0 Å². The number of methoxy groups -OCH3 is 1. The van der Waals surface area contributed by atoms with E-state index in [-0.39, 0.29) is 5.91 Å². The maximum absolute atomic E-state index is 12.4. The highest BCUT2D eigenvalue weighted by Gasteiger charge is 2.15. The van der Waals surface area contributed by atoms with Crippen LogP contribution in [0.2, 0.25) is 0 Å². The highest BCUT2D eigenvalue weighted by Crippen LogP contribution is 2.37. The van der Waals surface area contributed by atoms with Gasteiger partial charge in [-0.1, -0.05) is 48.5 Å². The molecule has 0 aliphatic rings. The second-order valence-corrected chi connectivity index (χ2v) is 8.48. The number of rotatable bonds is 8. The van der Waals surface area contributed by atoms with Crippen molar-refractivity contribution in [3.05, 3.63) is 120 Å². The second kappa shape index (κ2) is 11.1. The summed E-state index contributed by atoms with van der Waals surface area (Å²) < 4.78 is 11.6. The highest BCUT2D eigenvalue weighted by molar-refractivity contribution is 6.04. The third-order valence-electron chi connectivity index (χ3n) is 5.96. The Morgan fingerprint density at radius 3 is 2.26 bits per heavy atom. The van der Waals surface area contributed by atoms with Crippen LogP contribution in [0.15, 0.2) is 103 Å². The molecule has 5 rings (SSSR count). The van der Waals surface area contributed by atoms with Crippen molar-refractivity contribution in [1.29, 1.82) is 5.26 Å². The Bertz CT molecular complexity index is 1610. The average molecular weight is 501 g/mol. The lowest BCUT2D eigenvalue weighted by Crippen LogP contribution is -2.11. The molecule has 0 saturated carbocycles. The normalized spacial score (nSPS) is 10.4. The standard InChI is InChI=1S/C31H24N4O3/c1-37-28-16-26-27(17-29(28)38-20-21-8-4-2-5-9-21)33-19-23(18-32)30(26)34-24-12-14-25(15-13-24)35-31(36)22-10-6-3-7-11-22/h2-17,19H,20H2,1H3,(H,33,34)(H,35,36). The van der Waals surface area contributed by atoms with Gasteiger partial charge >= 0.3 is 0 Å². The lowest BCUT2D eigenvalue weighted by molar-refractivity contribution is 0.102. The zero-order chi connectivity index (χ0) is 26.3. The molecular weight excluding hydrogens is 476 g/mol. The number of ether oxygens (including phenoxy) is 2. The summed E-state index contributed by atoms with van der Waals surface area (Å²) in [6.07, 6.45) is 1.53. The summed E-state index contributed by atoms with van der Waals surface area (Å²) in [4.78, 5) is 16.9. The third kappa shape index (κ3) is 5.40. The first-order chi connectivity index (χ1) is 18.6. The minimum Gasteiger partial charge on any atom is -0.493 e. The van der Waals surface area contributed by atoms with E-state index in [9.17, 15) is 10.1 Å². The predicted octanol–water partition coefficient (Wildman–Crippen LogP) is 6.69. The molecule has 0 atom stereocenters. The molecule has 0 unspecified atom stereocenters. The minimum absolute atomic E-state index is 0.185. The number of carbonyl (C=O) groups is 1. The van der Waals surface area contributed by atoms with Gasteiger partial charge in [0.15, 0.2) is 11.5 Å². The van der Waals surface area contributed by atoms with Crippen molar-refractivity contribution < 1.29 is 14.3 Å². The summed E-state index contributed by atoms with van der Waals surface area (Å²) in [6.45, 7) is 0.386. The lowest BCUT2D eigenvalue weighted by atomic mass is 10.1. The lowest BCUT2D eigenvalue weighted by Gasteiger charge is -2.16. The average Bonchev–Trinajstić information content (AvgIpc) is 2.97. The summed E-state index contributed by atoms with van der Waals surface area (Å²) in [7, 11) is 1.58.